The number of nitrogens with zero attached hydrogens (tertiary/aromatic N) is 3. The van der Waals surface area contributed by atoms with Crippen LogP contribution >= 0.6 is 0 Å². The Labute approximate surface area is 196 Å². The van der Waals surface area contributed by atoms with Gasteiger partial charge < -0.3 is 30.8 Å². The fourth-order valence-corrected chi connectivity index (χ4v) is 4.95. The zero-order valence-electron chi connectivity index (χ0n) is 19.9. The summed E-state index contributed by atoms with van der Waals surface area (Å²) in [4.78, 5) is 19.5. The molecule has 3 fully saturated rings. The van der Waals surface area contributed by atoms with Crippen molar-refractivity contribution in [3.05, 3.63) is 30.3 Å². The summed E-state index contributed by atoms with van der Waals surface area (Å²) >= 11 is 0. The highest BCUT2D eigenvalue weighted by Gasteiger charge is 2.49. The standard InChI is InChI=1S/C24H38N6O3/c1-23(16-25)18-30(28-21(23)27-19-6-4-3-5-7-19)24(17-26-2)10-12-29(13-11-24)22(31)33-20-8-14-32-15-9-20/h3-7,20,26H,8-18,25H2,1-2H3,(H,27,28). The highest BCUT2D eigenvalue weighted by atomic mass is 16.6. The highest BCUT2D eigenvalue weighted by molar-refractivity contribution is 5.91. The quantitative estimate of drug-likeness (QED) is 0.598. The van der Waals surface area contributed by atoms with Crippen LogP contribution in [0, 0.1) is 5.41 Å². The van der Waals surface area contributed by atoms with Crippen molar-refractivity contribution < 1.29 is 14.3 Å². The van der Waals surface area contributed by atoms with E-state index in [-0.39, 0.29) is 23.2 Å². The van der Waals surface area contributed by atoms with Gasteiger partial charge in [0.25, 0.3) is 0 Å². The van der Waals surface area contributed by atoms with Crippen molar-refractivity contribution in [3.8, 4) is 0 Å². The highest BCUT2D eigenvalue weighted by Crippen LogP contribution is 2.35. The number of likely N-dealkylation sites (tertiary alicyclic amines) is 1. The second-order valence-electron chi connectivity index (χ2n) is 9.70. The van der Waals surface area contributed by atoms with Crippen LogP contribution in [0.5, 0.6) is 0 Å². The Bertz CT molecular complexity index is 821. The van der Waals surface area contributed by atoms with Crippen molar-refractivity contribution >= 4 is 17.6 Å². The van der Waals surface area contributed by atoms with Gasteiger partial charge in [0.15, 0.2) is 0 Å². The molecule has 0 spiro atoms. The third-order valence-electron chi connectivity index (χ3n) is 7.23. The van der Waals surface area contributed by atoms with Crippen molar-refractivity contribution in [2.24, 2.45) is 16.1 Å². The number of rotatable bonds is 6. The Kier molecular flexibility index (Phi) is 7.53. The Morgan fingerprint density at radius 3 is 2.61 bits per heavy atom. The first-order chi connectivity index (χ1) is 16.0. The Balaban J connectivity index is 1.44. The van der Waals surface area contributed by atoms with Crippen LogP contribution in [0.4, 0.5) is 10.5 Å². The SMILES string of the molecule is CNCC1(N2CC(C)(CN)C(=Nc3ccccc3)N2)CCN(C(=O)OC2CCOCC2)CC1. The molecule has 182 valence electrons. The van der Waals surface area contributed by atoms with Gasteiger partial charge in [0.1, 0.15) is 11.9 Å². The lowest BCUT2D eigenvalue weighted by Crippen LogP contribution is -2.63. The number of amidine groups is 1. The fraction of sp³-hybridized carbons (Fsp3) is 0.667. The van der Waals surface area contributed by atoms with Crippen LogP contribution < -0.4 is 16.5 Å². The molecule has 1 unspecified atom stereocenters. The van der Waals surface area contributed by atoms with Crippen molar-refractivity contribution in [2.75, 3.05) is 53.0 Å². The number of para-hydroxylation sites is 1. The number of ether oxygens (including phenoxy) is 2. The number of hydrogen-bond acceptors (Lipinski definition) is 7. The number of likely N-dealkylation sites (N-methyl/N-ethyl adjacent to an activating group) is 1. The van der Waals surface area contributed by atoms with E-state index in [1.165, 1.54) is 0 Å². The molecule has 3 aliphatic heterocycles. The molecule has 1 aromatic rings. The summed E-state index contributed by atoms with van der Waals surface area (Å²) < 4.78 is 11.1. The van der Waals surface area contributed by atoms with Gasteiger partial charge in [-0.2, -0.15) is 0 Å². The van der Waals surface area contributed by atoms with E-state index in [1.807, 2.05) is 42.3 Å². The van der Waals surface area contributed by atoms with E-state index in [0.717, 1.165) is 50.3 Å². The predicted molar refractivity (Wildman–Crippen MR) is 128 cm³/mol. The summed E-state index contributed by atoms with van der Waals surface area (Å²) in [5.74, 6) is 0.896. The molecule has 4 rings (SSSR count). The lowest BCUT2D eigenvalue weighted by molar-refractivity contribution is -0.0261. The third kappa shape index (κ3) is 5.32. The average Bonchev–Trinajstić information content (AvgIpc) is 3.18. The van der Waals surface area contributed by atoms with Gasteiger partial charge >= 0.3 is 6.09 Å². The molecular weight excluding hydrogens is 420 g/mol. The number of benzene rings is 1. The van der Waals surface area contributed by atoms with E-state index in [1.54, 1.807) is 0 Å². The smallest absolute Gasteiger partial charge is 0.410 e. The zero-order valence-corrected chi connectivity index (χ0v) is 19.9. The van der Waals surface area contributed by atoms with E-state index in [9.17, 15) is 4.79 Å². The van der Waals surface area contributed by atoms with Gasteiger partial charge in [0.05, 0.1) is 29.9 Å². The first-order valence-corrected chi connectivity index (χ1v) is 12.0. The van der Waals surface area contributed by atoms with Gasteiger partial charge in [-0.25, -0.2) is 14.8 Å². The van der Waals surface area contributed by atoms with Crippen molar-refractivity contribution in [3.63, 3.8) is 0 Å². The second-order valence-corrected chi connectivity index (χ2v) is 9.70. The number of hydrazine groups is 1. The van der Waals surface area contributed by atoms with Crippen LogP contribution in [0.15, 0.2) is 35.3 Å². The van der Waals surface area contributed by atoms with Gasteiger partial charge in [-0.1, -0.05) is 18.2 Å². The number of nitrogens with one attached hydrogen (secondary N) is 2. The Morgan fingerprint density at radius 2 is 1.97 bits per heavy atom. The number of hydrogen-bond donors (Lipinski definition) is 3. The molecule has 0 bridgehead atoms. The minimum atomic E-state index is -0.268. The number of amides is 1. The third-order valence-corrected chi connectivity index (χ3v) is 7.23. The molecule has 33 heavy (non-hydrogen) atoms. The average molecular weight is 459 g/mol. The molecular formula is C24H38N6O3. The van der Waals surface area contributed by atoms with Crippen molar-refractivity contribution in [1.82, 2.24) is 20.7 Å². The van der Waals surface area contributed by atoms with Gasteiger partial charge in [0.2, 0.25) is 0 Å². The van der Waals surface area contributed by atoms with Gasteiger partial charge in [-0.15, -0.1) is 0 Å². The predicted octanol–water partition coefficient (Wildman–Crippen LogP) is 1.87. The van der Waals surface area contributed by atoms with Crippen molar-refractivity contribution in [1.29, 1.82) is 0 Å². The number of carbonyl (C=O) groups excluding carboxylic acids is 1. The lowest BCUT2D eigenvalue weighted by atomic mass is 9.84. The molecule has 0 radical (unpaired) electrons. The zero-order chi connectivity index (χ0) is 23.3. The Hall–Kier alpha value is -2.20. The van der Waals surface area contributed by atoms with Gasteiger partial charge in [-0.05, 0) is 38.9 Å². The van der Waals surface area contributed by atoms with Crippen LogP contribution in [0.25, 0.3) is 0 Å². The molecule has 1 aromatic carbocycles. The molecule has 0 saturated carbocycles. The fourth-order valence-electron chi connectivity index (χ4n) is 4.95. The monoisotopic (exact) mass is 458 g/mol. The van der Waals surface area contributed by atoms with E-state index in [0.29, 0.717) is 32.8 Å². The molecule has 1 atom stereocenters. The van der Waals surface area contributed by atoms with E-state index in [2.05, 4.69) is 22.7 Å². The van der Waals surface area contributed by atoms with Crippen LogP contribution in [-0.2, 0) is 9.47 Å². The van der Waals surface area contributed by atoms with Gasteiger partial charge in [0, 0.05) is 45.6 Å². The normalized spacial score (nSPS) is 27.5. The molecule has 3 saturated heterocycles. The number of aliphatic imine (C=N–C) groups is 1. The minimum Gasteiger partial charge on any atom is -0.446 e. The summed E-state index contributed by atoms with van der Waals surface area (Å²) in [6.07, 6.45) is 3.00. The van der Waals surface area contributed by atoms with Crippen LogP contribution in [0.2, 0.25) is 0 Å². The van der Waals surface area contributed by atoms with Crippen LogP contribution in [-0.4, -0.2) is 86.5 Å². The minimum absolute atomic E-state index is 0.0301. The first kappa shape index (κ1) is 23.9. The first-order valence-electron chi connectivity index (χ1n) is 12.0. The molecule has 3 heterocycles. The number of piperidine rings is 1. The Morgan fingerprint density at radius 1 is 1.27 bits per heavy atom. The van der Waals surface area contributed by atoms with Gasteiger partial charge in [-0.3, -0.25) is 0 Å². The maximum Gasteiger partial charge on any atom is 0.410 e. The molecule has 9 nitrogen and oxygen atoms in total. The summed E-state index contributed by atoms with van der Waals surface area (Å²) in [5, 5.41) is 5.68. The number of nitrogens with two attached hydrogens (primary N) is 1. The summed E-state index contributed by atoms with van der Waals surface area (Å²) in [5.41, 5.74) is 10.3. The molecule has 9 heteroatoms. The summed E-state index contributed by atoms with van der Waals surface area (Å²) in [6.45, 7) is 6.88. The largest absolute Gasteiger partial charge is 0.446 e. The van der Waals surface area contributed by atoms with E-state index >= 15 is 0 Å². The maximum atomic E-state index is 12.7. The second kappa shape index (κ2) is 10.4. The summed E-state index contributed by atoms with van der Waals surface area (Å²) in [7, 11) is 1.98. The van der Waals surface area contributed by atoms with E-state index < -0.39 is 0 Å². The molecule has 0 aliphatic carbocycles. The molecule has 0 aromatic heterocycles. The molecule has 4 N–H and O–H groups in total. The summed E-state index contributed by atoms with van der Waals surface area (Å²) in [6, 6.07) is 9.97. The lowest BCUT2D eigenvalue weighted by Gasteiger charge is -2.47. The van der Waals surface area contributed by atoms with Crippen LogP contribution in [0.1, 0.15) is 32.6 Å². The van der Waals surface area contributed by atoms with Crippen LogP contribution in [0.3, 0.4) is 0 Å². The topological polar surface area (TPSA) is 104 Å². The molecule has 1 amide bonds. The van der Waals surface area contributed by atoms with Crippen molar-refractivity contribution in [2.45, 2.75) is 44.2 Å². The molecule has 3 aliphatic rings. The van der Waals surface area contributed by atoms with E-state index in [4.69, 9.17) is 20.2 Å². The maximum absolute atomic E-state index is 12.7. The number of carbonyl (C=O) groups is 1.